The first-order chi connectivity index (χ1) is 13.8. The van der Waals surface area contributed by atoms with Crippen LogP contribution in [0.5, 0.6) is 0 Å². The van der Waals surface area contributed by atoms with E-state index in [2.05, 4.69) is 79.7 Å². The molecule has 28 heavy (non-hydrogen) atoms. The van der Waals surface area contributed by atoms with E-state index in [1.165, 1.54) is 59.8 Å². The number of benzene rings is 5. The normalized spacial score (nSPS) is 13.7. The topological polar surface area (TPSA) is 0 Å². The summed E-state index contributed by atoms with van der Waals surface area (Å²) in [7, 11) is 0.116. The van der Waals surface area contributed by atoms with Crippen molar-refractivity contribution in [3.63, 3.8) is 0 Å². The Morgan fingerprint density at radius 2 is 1.57 bits per heavy atom. The highest BCUT2D eigenvalue weighted by Crippen LogP contribution is 2.50. The minimum atomic E-state index is 0.116. The Bertz CT molecular complexity index is 1560. The van der Waals surface area contributed by atoms with Gasteiger partial charge in [-0.3, -0.25) is 0 Å². The van der Waals surface area contributed by atoms with Crippen molar-refractivity contribution in [1.29, 1.82) is 0 Å². The van der Waals surface area contributed by atoms with E-state index in [-0.39, 0.29) is 9.52 Å². The Hall–Kier alpha value is -3.16. The monoisotopic (exact) mass is 367 g/mol. The van der Waals surface area contributed by atoms with Gasteiger partial charge in [0.05, 0.1) is 9.52 Å². The Balaban J connectivity index is 1.81. The van der Waals surface area contributed by atoms with Crippen LogP contribution >= 0.6 is 0 Å². The number of hydrogen-bond donors (Lipinski definition) is 0. The SMILES string of the molecule is CC1=c2c3c(c(-c4[c][c]ccc4)c4c5cccc2c5c4c3-c2ccccc2)[SiH]1. The molecule has 0 saturated heterocycles. The summed E-state index contributed by atoms with van der Waals surface area (Å²) < 4.78 is 0. The van der Waals surface area contributed by atoms with Crippen molar-refractivity contribution in [2.45, 2.75) is 6.92 Å². The van der Waals surface area contributed by atoms with Crippen LogP contribution in [0.1, 0.15) is 6.92 Å². The fraction of sp³-hybridized carbons (Fsp3) is 0.0370. The fourth-order valence-electron chi connectivity index (χ4n) is 5.37. The molecule has 0 aromatic heterocycles. The molecule has 1 heterocycles. The number of rotatable bonds is 2. The molecule has 3 radical (unpaired) electrons. The van der Waals surface area contributed by atoms with Crippen LogP contribution in [0.3, 0.4) is 0 Å². The average Bonchev–Trinajstić information content (AvgIpc) is 3.11. The second-order valence-electron chi connectivity index (χ2n) is 7.79. The highest BCUT2D eigenvalue weighted by molar-refractivity contribution is 6.78. The summed E-state index contributed by atoms with van der Waals surface area (Å²) in [6, 6.07) is 30.6. The van der Waals surface area contributed by atoms with E-state index in [4.69, 9.17) is 0 Å². The second kappa shape index (κ2) is 5.01. The summed E-state index contributed by atoms with van der Waals surface area (Å²) in [6.07, 6.45) is 0. The van der Waals surface area contributed by atoms with Crippen LogP contribution < -0.4 is 10.4 Å². The van der Waals surface area contributed by atoms with Gasteiger partial charge in [-0.1, -0.05) is 71.9 Å². The smallest absolute Gasteiger partial charge is 0.0757 e. The van der Waals surface area contributed by atoms with Gasteiger partial charge in [0.25, 0.3) is 0 Å². The minimum Gasteiger partial charge on any atom is -0.0757 e. The largest absolute Gasteiger partial charge is 0.0999 e. The van der Waals surface area contributed by atoms with E-state index >= 15 is 0 Å². The average molecular weight is 368 g/mol. The van der Waals surface area contributed by atoms with Gasteiger partial charge in [0.2, 0.25) is 0 Å². The molecule has 127 valence electrons. The Labute approximate surface area is 165 Å². The number of hydrogen-bond acceptors (Lipinski definition) is 0. The third-order valence-corrected chi connectivity index (χ3v) is 7.97. The zero-order valence-electron chi connectivity index (χ0n) is 15.4. The van der Waals surface area contributed by atoms with Gasteiger partial charge in [0.15, 0.2) is 0 Å². The summed E-state index contributed by atoms with van der Waals surface area (Å²) in [5.74, 6) is 0. The highest BCUT2D eigenvalue weighted by atomic mass is 28.2. The van der Waals surface area contributed by atoms with E-state index in [0.29, 0.717) is 0 Å². The second-order valence-corrected chi connectivity index (χ2v) is 9.53. The van der Waals surface area contributed by atoms with Crippen LogP contribution in [-0.2, 0) is 0 Å². The van der Waals surface area contributed by atoms with Gasteiger partial charge < -0.3 is 0 Å². The maximum absolute atomic E-state index is 3.40. The van der Waals surface area contributed by atoms with E-state index < -0.39 is 0 Å². The molecule has 0 aliphatic carbocycles. The van der Waals surface area contributed by atoms with E-state index in [9.17, 15) is 0 Å². The Morgan fingerprint density at radius 3 is 2.39 bits per heavy atom. The van der Waals surface area contributed by atoms with E-state index in [1.54, 1.807) is 10.4 Å². The van der Waals surface area contributed by atoms with Crippen LogP contribution in [0, 0.1) is 12.1 Å². The van der Waals surface area contributed by atoms with Crippen molar-refractivity contribution in [3.8, 4) is 22.3 Å². The van der Waals surface area contributed by atoms with Gasteiger partial charge in [0, 0.05) is 0 Å². The first kappa shape index (κ1) is 14.8. The summed E-state index contributed by atoms with van der Waals surface area (Å²) in [4.78, 5) is 0. The van der Waals surface area contributed by atoms with Crippen molar-refractivity contribution in [2.24, 2.45) is 0 Å². The Morgan fingerprint density at radius 1 is 0.714 bits per heavy atom. The third kappa shape index (κ3) is 1.59. The van der Waals surface area contributed by atoms with Crippen LogP contribution in [0.4, 0.5) is 0 Å². The van der Waals surface area contributed by atoms with Crippen LogP contribution in [0.2, 0.25) is 0 Å². The maximum Gasteiger partial charge on any atom is 0.0999 e. The predicted molar refractivity (Wildman–Crippen MR) is 121 cm³/mol. The predicted octanol–water partition coefficient (Wildman–Crippen LogP) is 4.88. The van der Waals surface area contributed by atoms with Crippen molar-refractivity contribution >= 4 is 52.2 Å². The highest BCUT2D eigenvalue weighted by Gasteiger charge is 2.31. The molecule has 6 aromatic carbocycles. The lowest BCUT2D eigenvalue weighted by Gasteiger charge is -2.26. The van der Waals surface area contributed by atoms with E-state index in [0.717, 1.165) is 0 Å². The molecule has 0 saturated carbocycles. The first-order valence-electron chi connectivity index (χ1n) is 9.73. The molecule has 7 rings (SSSR count). The molecule has 0 amide bonds. The molecule has 0 fully saturated rings. The number of fused-ring (bicyclic) bond motifs is 2. The molecular formula is C27H15Si. The van der Waals surface area contributed by atoms with Crippen molar-refractivity contribution in [1.82, 2.24) is 0 Å². The molecule has 0 nitrogen and oxygen atoms in total. The van der Waals surface area contributed by atoms with E-state index in [1.807, 2.05) is 6.07 Å². The lowest BCUT2D eigenvalue weighted by atomic mass is 9.77. The lowest BCUT2D eigenvalue weighted by Crippen LogP contribution is -2.19. The molecule has 0 spiro atoms. The minimum absolute atomic E-state index is 0.116. The van der Waals surface area contributed by atoms with Gasteiger partial charge in [0.1, 0.15) is 0 Å². The van der Waals surface area contributed by atoms with Gasteiger partial charge in [-0.25, -0.2) is 0 Å². The van der Waals surface area contributed by atoms with Crippen molar-refractivity contribution in [2.75, 3.05) is 0 Å². The molecule has 1 heteroatoms. The van der Waals surface area contributed by atoms with Gasteiger partial charge in [-0.2, -0.15) is 0 Å². The van der Waals surface area contributed by atoms with Crippen LogP contribution in [-0.4, -0.2) is 9.52 Å². The molecule has 0 atom stereocenters. The summed E-state index contributed by atoms with van der Waals surface area (Å²) in [5, 5.41) is 13.3. The standard InChI is InChI=1S/C27H15Si/c1-15-20-18-13-8-14-19-23(18)25-21(16-9-4-2-5-10-16)26(20)27(28-15)22(24(19)25)17-11-6-3-7-12-17/h2-6,8-11,13-14,28H,1H3. The van der Waals surface area contributed by atoms with Gasteiger partial charge in [-0.05, 0) is 84.0 Å². The molecule has 6 aromatic rings. The van der Waals surface area contributed by atoms with Crippen molar-refractivity contribution in [3.05, 3.63) is 84.1 Å². The summed E-state index contributed by atoms with van der Waals surface area (Å²) in [5.41, 5.74) is 5.40. The zero-order chi connectivity index (χ0) is 18.4. The molecule has 1 aliphatic heterocycles. The molecule has 0 N–H and O–H groups in total. The molecule has 1 aliphatic rings. The summed E-state index contributed by atoms with van der Waals surface area (Å²) in [6.45, 7) is 2.34. The van der Waals surface area contributed by atoms with Crippen LogP contribution in [0.15, 0.2) is 66.7 Å². The molecular weight excluding hydrogens is 352 g/mol. The molecule has 2 bridgehead atoms. The van der Waals surface area contributed by atoms with Crippen molar-refractivity contribution < 1.29 is 0 Å². The third-order valence-electron chi connectivity index (χ3n) is 6.38. The van der Waals surface area contributed by atoms with Gasteiger partial charge in [-0.15, -0.1) is 0 Å². The molecule has 0 unspecified atom stereocenters. The van der Waals surface area contributed by atoms with Crippen LogP contribution in [0.25, 0.3) is 59.8 Å². The fourth-order valence-corrected chi connectivity index (χ4v) is 7.13. The maximum atomic E-state index is 3.40. The lowest BCUT2D eigenvalue weighted by molar-refractivity contribution is 1.64. The quantitative estimate of drug-likeness (QED) is 0.383. The zero-order valence-corrected chi connectivity index (χ0v) is 16.6. The Kier molecular flexibility index (Phi) is 2.65. The van der Waals surface area contributed by atoms with Gasteiger partial charge >= 0.3 is 0 Å². The first-order valence-corrected chi connectivity index (χ1v) is 10.9. The summed E-state index contributed by atoms with van der Waals surface area (Å²) >= 11 is 0.